The SMILES string of the molecule is Nc1noc(-c2ccc(Br)cc2F)c1-c1ccccn1. The van der Waals surface area contributed by atoms with E-state index in [4.69, 9.17) is 10.3 Å². The van der Waals surface area contributed by atoms with Crippen molar-refractivity contribution >= 4 is 21.7 Å². The molecule has 3 aromatic rings. The lowest BCUT2D eigenvalue weighted by Gasteiger charge is -2.03. The van der Waals surface area contributed by atoms with Crippen LogP contribution in [0.25, 0.3) is 22.6 Å². The van der Waals surface area contributed by atoms with Crippen molar-refractivity contribution in [3.8, 4) is 22.6 Å². The molecule has 0 radical (unpaired) electrons. The number of nitrogens with two attached hydrogens (primary N) is 1. The van der Waals surface area contributed by atoms with Gasteiger partial charge in [-0.25, -0.2) is 4.39 Å². The third kappa shape index (κ3) is 2.18. The Bertz CT molecular complexity index is 758. The van der Waals surface area contributed by atoms with Crippen molar-refractivity contribution in [1.82, 2.24) is 10.1 Å². The molecular weight excluding hydrogens is 325 g/mol. The van der Waals surface area contributed by atoms with Crippen molar-refractivity contribution in [3.63, 3.8) is 0 Å². The molecule has 0 saturated heterocycles. The van der Waals surface area contributed by atoms with E-state index in [0.717, 1.165) is 0 Å². The van der Waals surface area contributed by atoms with Crippen LogP contribution < -0.4 is 5.73 Å². The summed E-state index contributed by atoms with van der Waals surface area (Å²) in [6.45, 7) is 0. The molecule has 1 aromatic carbocycles. The maximum absolute atomic E-state index is 14.1. The van der Waals surface area contributed by atoms with Gasteiger partial charge in [-0.2, -0.15) is 0 Å². The minimum absolute atomic E-state index is 0.181. The van der Waals surface area contributed by atoms with Crippen LogP contribution >= 0.6 is 15.9 Å². The zero-order valence-electron chi connectivity index (χ0n) is 10.2. The summed E-state index contributed by atoms with van der Waals surface area (Å²) in [5, 5.41) is 3.72. The molecule has 0 aliphatic heterocycles. The van der Waals surface area contributed by atoms with E-state index in [2.05, 4.69) is 26.1 Å². The molecule has 20 heavy (non-hydrogen) atoms. The quantitative estimate of drug-likeness (QED) is 0.772. The number of nitrogens with zero attached hydrogens (tertiary/aromatic N) is 2. The first-order valence-corrected chi connectivity index (χ1v) is 6.58. The first kappa shape index (κ1) is 12.8. The molecule has 6 heteroatoms. The first-order valence-electron chi connectivity index (χ1n) is 5.79. The Balaban J connectivity index is 2.21. The van der Waals surface area contributed by atoms with E-state index in [1.807, 2.05) is 6.07 Å². The molecule has 0 aliphatic rings. The second kappa shape index (κ2) is 5.05. The molecule has 100 valence electrons. The molecule has 0 aliphatic carbocycles. The molecule has 0 amide bonds. The molecule has 0 atom stereocenters. The van der Waals surface area contributed by atoms with Gasteiger partial charge in [0, 0.05) is 10.7 Å². The number of anilines is 1. The van der Waals surface area contributed by atoms with Crippen molar-refractivity contribution in [2.24, 2.45) is 0 Å². The Kier molecular flexibility index (Phi) is 3.23. The maximum Gasteiger partial charge on any atom is 0.181 e. The zero-order valence-corrected chi connectivity index (χ0v) is 11.8. The zero-order chi connectivity index (χ0) is 14.1. The molecule has 4 nitrogen and oxygen atoms in total. The molecular formula is C14H9BrFN3O. The first-order chi connectivity index (χ1) is 9.66. The van der Waals surface area contributed by atoms with Gasteiger partial charge in [-0.15, -0.1) is 0 Å². The summed E-state index contributed by atoms with van der Waals surface area (Å²) < 4.78 is 19.9. The molecule has 0 unspecified atom stereocenters. The van der Waals surface area contributed by atoms with Gasteiger partial charge in [-0.3, -0.25) is 4.98 Å². The van der Waals surface area contributed by atoms with E-state index in [9.17, 15) is 4.39 Å². The highest BCUT2D eigenvalue weighted by molar-refractivity contribution is 9.10. The topological polar surface area (TPSA) is 64.9 Å². The summed E-state index contributed by atoms with van der Waals surface area (Å²) in [5.74, 6) is 0.0277. The van der Waals surface area contributed by atoms with Gasteiger partial charge in [-0.05, 0) is 30.3 Å². The number of benzene rings is 1. The van der Waals surface area contributed by atoms with Gasteiger partial charge in [0.05, 0.1) is 16.8 Å². The van der Waals surface area contributed by atoms with Crippen LogP contribution in [-0.2, 0) is 0 Å². The average Bonchev–Trinajstić information content (AvgIpc) is 2.81. The van der Waals surface area contributed by atoms with Gasteiger partial charge < -0.3 is 10.3 Å². The summed E-state index contributed by atoms with van der Waals surface area (Å²) in [7, 11) is 0. The van der Waals surface area contributed by atoms with E-state index in [-0.39, 0.29) is 17.1 Å². The van der Waals surface area contributed by atoms with Crippen LogP contribution in [0.15, 0.2) is 51.6 Å². The molecule has 2 aromatic heterocycles. The number of halogens is 2. The number of hydrogen-bond donors (Lipinski definition) is 1. The number of rotatable bonds is 2. The maximum atomic E-state index is 14.1. The van der Waals surface area contributed by atoms with E-state index in [1.54, 1.807) is 30.5 Å². The normalized spacial score (nSPS) is 10.7. The second-order valence-corrected chi connectivity index (χ2v) is 5.03. The fourth-order valence-electron chi connectivity index (χ4n) is 1.92. The molecule has 0 spiro atoms. The molecule has 2 N–H and O–H groups in total. The summed E-state index contributed by atoms with van der Waals surface area (Å²) >= 11 is 3.21. The Morgan fingerprint density at radius 3 is 2.75 bits per heavy atom. The number of pyridine rings is 1. The lowest BCUT2D eigenvalue weighted by atomic mass is 10.1. The van der Waals surface area contributed by atoms with Crippen LogP contribution in [0.5, 0.6) is 0 Å². The summed E-state index contributed by atoms with van der Waals surface area (Å²) in [5.41, 5.74) is 7.18. The summed E-state index contributed by atoms with van der Waals surface area (Å²) in [4.78, 5) is 4.20. The van der Waals surface area contributed by atoms with E-state index in [1.165, 1.54) is 6.07 Å². The minimum Gasteiger partial charge on any atom is -0.380 e. The van der Waals surface area contributed by atoms with Crippen molar-refractivity contribution in [2.45, 2.75) is 0 Å². The number of nitrogen functional groups attached to an aromatic ring is 1. The van der Waals surface area contributed by atoms with Gasteiger partial charge in [0.2, 0.25) is 0 Å². The van der Waals surface area contributed by atoms with Crippen LogP contribution in [0.1, 0.15) is 0 Å². The third-order valence-electron chi connectivity index (χ3n) is 2.82. The van der Waals surface area contributed by atoms with Crippen LogP contribution in [0.2, 0.25) is 0 Å². The standard InChI is InChI=1S/C14H9BrFN3O/c15-8-4-5-9(10(16)7-8)13-12(14(17)19-20-13)11-3-1-2-6-18-11/h1-7H,(H2,17,19). The highest BCUT2D eigenvalue weighted by Gasteiger charge is 2.21. The van der Waals surface area contributed by atoms with E-state index < -0.39 is 5.82 Å². The highest BCUT2D eigenvalue weighted by atomic mass is 79.9. The van der Waals surface area contributed by atoms with Crippen molar-refractivity contribution < 1.29 is 8.91 Å². The highest BCUT2D eigenvalue weighted by Crippen LogP contribution is 2.37. The van der Waals surface area contributed by atoms with Crippen LogP contribution in [0, 0.1) is 5.82 Å². The largest absolute Gasteiger partial charge is 0.380 e. The second-order valence-electron chi connectivity index (χ2n) is 4.11. The van der Waals surface area contributed by atoms with Gasteiger partial charge in [0.25, 0.3) is 0 Å². The van der Waals surface area contributed by atoms with Gasteiger partial charge in [-0.1, -0.05) is 27.2 Å². The van der Waals surface area contributed by atoms with Crippen molar-refractivity contribution in [1.29, 1.82) is 0 Å². The molecule has 0 saturated carbocycles. The smallest absolute Gasteiger partial charge is 0.181 e. The Hall–Kier alpha value is -2.21. The number of hydrogen-bond acceptors (Lipinski definition) is 4. The molecule has 2 heterocycles. The fraction of sp³-hybridized carbons (Fsp3) is 0. The minimum atomic E-state index is -0.423. The van der Waals surface area contributed by atoms with Crippen LogP contribution in [0.3, 0.4) is 0 Å². The molecule has 3 rings (SSSR count). The van der Waals surface area contributed by atoms with Crippen molar-refractivity contribution in [3.05, 3.63) is 52.9 Å². The van der Waals surface area contributed by atoms with Gasteiger partial charge in [0.15, 0.2) is 11.6 Å². The Morgan fingerprint density at radius 2 is 2.05 bits per heavy atom. The summed E-state index contributed by atoms with van der Waals surface area (Å²) in [6.07, 6.45) is 1.63. The fourth-order valence-corrected chi connectivity index (χ4v) is 2.25. The van der Waals surface area contributed by atoms with Gasteiger partial charge in [0.1, 0.15) is 5.82 Å². The summed E-state index contributed by atoms with van der Waals surface area (Å²) in [6, 6.07) is 10.0. The van der Waals surface area contributed by atoms with Crippen molar-refractivity contribution in [2.75, 3.05) is 5.73 Å². The average molecular weight is 334 g/mol. The third-order valence-corrected chi connectivity index (χ3v) is 3.31. The van der Waals surface area contributed by atoms with E-state index >= 15 is 0 Å². The number of aromatic nitrogens is 2. The molecule has 0 fully saturated rings. The monoisotopic (exact) mass is 333 g/mol. The Morgan fingerprint density at radius 1 is 1.20 bits per heavy atom. The lowest BCUT2D eigenvalue weighted by Crippen LogP contribution is -1.91. The van der Waals surface area contributed by atoms with Gasteiger partial charge >= 0.3 is 0 Å². The molecule has 0 bridgehead atoms. The predicted octanol–water partition coefficient (Wildman–Crippen LogP) is 3.89. The van der Waals surface area contributed by atoms with Crippen LogP contribution in [-0.4, -0.2) is 10.1 Å². The Labute approximate surface area is 122 Å². The lowest BCUT2D eigenvalue weighted by molar-refractivity contribution is 0.433. The van der Waals surface area contributed by atoms with Crippen LogP contribution in [0.4, 0.5) is 10.2 Å². The van der Waals surface area contributed by atoms with E-state index in [0.29, 0.717) is 15.7 Å². The predicted molar refractivity (Wildman–Crippen MR) is 77.2 cm³/mol.